The number of aryl methyl sites for hydroxylation is 2. The van der Waals surface area contributed by atoms with Crippen molar-refractivity contribution < 1.29 is 4.74 Å². The van der Waals surface area contributed by atoms with Gasteiger partial charge in [-0.05, 0) is 30.7 Å². The molecular formula is C16H17ClN4O3. The molecule has 24 heavy (non-hydrogen) atoms. The van der Waals surface area contributed by atoms with E-state index in [4.69, 9.17) is 16.3 Å². The smallest absolute Gasteiger partial charge is 0.332 e. The molecule has 0 bridgehead atoms. The van der Waals surface area contributed by atoms with Gasteiger partial charge >= 0.3 is 5.69 Å². The maximum Gasteiger partial charge on any atom is 0.332 e. The van der Waals surface area contributed by atoms with Gasteiger partial charge in [0, 0.05) is 14.1 Å². The van der Waals surface area contributed by atoms with Crippen LogP contribution in [0.4, 0.5) is 0 Å². The van der Waals surface area contributed by atoms with Crippen LogP contribution in [0, 0.1) is 6.92 Å². The number of hydrogen-bond donors (Lipinski definition) is 0. The van der Waals surface area contributed by atoms with Gasteiger partial charge in [0.25, 0.3) is 5.56 Å². The van der Waals surface area contributed by atoms with E-state index < -0.39 is 11.2 Å². The van der Waals surface area contributed by atoms with Gasteiger partial charge in [-0.3, -0.25) is 13.9 Å². The van der Waals surface area contributed by atoms with Crippen molar-refractivity contribution in [3.8, 4) is 5.75 Å². The minimum atomic E-state index is -0.440. The second-order valence-corrected chi connectivity index (χ2v) is 5.91. The van der Waals surface area contributed by atoms with Gasteiger partial charge in [-0.2, -0.15) is 4.98 Å². The van der Waals surface area contributed by atoms with Crippen molar-refractivity contribution in [1.82, 2.24) is 18.7 Å². The molecular weight excluding hydrogens is 332 g/mol. The van der Waals surface area contributed by atoms with E-state index >= 15 is 0 Å². The Bertz CT molecular complexity index is 1010. The normalized spacial score (nSPS) is 11.2. The zero-order chi connectivity index (χ0) is 17.4. The summed E-state index contributed by atoms with van der Waals surface area (Å²) in [5, 5.41) is 0.149. The zero-order valence-corrected chi connectivity index (χ0v) is 14.4. The number of imidazole rings is 1. The number of aromatic nitrogens is 4. The van der Waals surface area contributed by atoms with Crippen LogP contribution in [-0.4, -0.2) is 25.3 Å². The maximum atomic E-state index is 12.4. The SMILES string of the molecule is Cc1ccc(OCCn2c(Cl)nc3c2c(=O)n(C)c(=O)n3C)cc1. The molecule has 7 nitrogen and oxygen atoms in total. The molecule has 3 aromatic rings. The van der Waals surface area contributed by atoms with Gasteiger partial charge in [0.15, 0.2) is 11.2 Å². The Balaban J connectivity index is 1.92. The predicted octanol–water partition coefficient (Wildman–Crippen LogP) is 1.47. The molecule has 0 fully saturated rings. The van der Waals surface area contributed by atoms with E-state index in [-0.39, 0.29) is 16.4 Å². The number of ether oxygens (including phenoxy) is 1. The van der Waals surface area contributed by atoms with Crippen molar-refractivity contribution in [2.24, 2.45) is 14.1 Å². The molecule has 0 atom stereocenters. The Hall–Kier alpha value is -2.54. The summed E-state index contributed by atoms with van der Waals surface area (Å²) in [5.41, 5.74) is 0.837. The predicted molar refractivity (Wildman–Crippen MR) is 91.9 cm³/mol. The first-order valence-electron chi connectivity index (χ1n) is 7.41. The summed E-state index contributed by atoms with van der Waals surface area (Å²) in [6.45, 7) is 2.66. The molecule has 0 amide bonds. The van der Waals surface area contributed by atoms with Crippen LogP contribution in [0.15, 0.2) is 33.9 Å². The minimum absolute atomic E-state index is 0.149. The lowest BCUT2D eigenvalue weighted by Crippen LogP contribution is -2.37. The van der Waals surface area contributed by atoms with E-state index in [1.54, 1.807) is 11.6 Å². The summed E-state index contributed by atoms with van der Waals surface area (Å²) in [6, 6.07) is 7.68. The van der Waals surface area contributed by atoms with Gasteiger partial charge in [0.1, 0.15) is 12.4 Å². The van der Waals surface area contributed by atoms with E-state index in [0.29, 0.717) is 13.2 Å². The third-order valence-corrected chi connectivity index (χ3v) is 4.19. The van der Waals surface area contributed by atoms with Crippen molar-refractivity contribution in [1.29, 1.82) is 0 Å². The highest BCUT2D eigenvalue weighted by Crippen LogP contribution is 2.16. The van der Waals surface area contributed by atoms with Crippen molar-refractivity contribution in [3.05, 3.63) is 56.0 Å². The second kappa shape index (κ2) is 6.16. The van der Waals surface area contributed by atoms with E-state index in [1.807, 2.05) is 31.2 Å². The molecule has 0 saturated heterocycles. The van der Waals surface area contributed by atoms with Crippen molar-refractivity contribution >= 4 is 22.8 Å². The molecule has 0 aliphatic heterocycles. The molecule has 8 heteroatoms. The highest BCUT2D eigenvalue weighted by atomic mass is 35.5. The number of halogens is 1. The van der Waals surface area contributed by atoms with E-state index in [9.17, 15) is 9.59 Å². The fourth-order valence-electron chi connectivity index (χ4n) is 2.51. The number of benzene rings is 1. The molecule has 0 saturated carbocycles. The second-order valence-electron chi connectivity index (χ2n) is 5.57. The third kappa shape index (κ3) is 2.71. The molecule has 2 aromatic heterocycles. The summed E-state index contributed by atoms with van der Waals surface area (Å²) in [6.07, 6.45) is 0. The lowest BCUT2D eigenvalue weighted by atomic mass is 10.2. The number of fused-ring (bicyclic) bond motifs is 1. The highest BCUT2D eigenvalue weighted by molar-refractivity contribution is 6.29. The number of nitrogens with zero attached hydrogens (tertiary/aromatic N) is 4. The first-order chi connectivity index (χ1) is 11.4. The lowest BCUT2D eigenvalue weighted by Gasteiger charge is -2.09. The molecule has 1 aromatic carbocycles. The molecule has 126 valence electrons. The highest BCUT2D eigenvalue weighted by Gasteiger charge is 2.17. The largest absolute Gasteiger partial charge is 0.492 e. The third-order valence-electron chi connectivity index (χ3n) is 3.91. The van der Waals surface area contributed by atoms with Gasteiger partial charge in [-0.15, -0.1) is 0 Å². The van der Waals surface area contributed by atoms with Crippen LogP contribution in [0.5, 0.6) is 5.75 Å². The van der Waals surface area contributed by atoms with E-state index in [1.165, 1.54) is 11.6 Å². The fourth-order valence-corrected chi connectivity index (χ4v) is 2.76. The summed E-state index contributed by atoms with van der Waals surface area (Å²) in [4.78, 5) is 28.5. The van der Waals surface area contributed by atoms with Crippen molar-refractivity contribution in [2.45, 2.75) is 13.5 Å². The summed E-state index contributed by atoms with van der Waals surface area (Å²) in [7, 11) is 2.98. The topological polar surface area (TPSA) is 71.1 Å². The van der Waals surface area contributed by atoms with E-state index in [0.717, 1.165) is 15.9 Å². The number of rotatable bonds is 4. The van der Waals surface area contributed by atoms with Crippen LogP contribution in [0.3, 0.4) is 0 Å². The first kappa shape index (κ1) is 16.3. The Morgan fingerprint density at radius 3 is 2.46 bits per heavy atom. The van der Waals surface area contributed by atoms with Crippen LogP contribution in [0.1, 0.15) is 5.56 Å². The van der Waals surface area contributed by atoms with Gasteiger partial charge < -0.3 is 9.30 Å². The first-order valence-corrected chi connectivity index (χ1v) is 7.79. The molecule has 0 spiro atoms. The average Bonchev–Trinajstić information content (AvgIpc) is 2.90. The van der Waals surface area contributed by atoms with Crippen LogP contribution in [-0.2, 0) is 20.6 Å². The molecule has 3 rings (SSSR count). The Morgan fingerprint density at radius 2 is 1.79 bits per heavy atom. The minimum Gasteiger partial charge on any atom is -0.492 e. The quantitative estimate of drug-likeness (QED) is 0.669. The van der Waals surface area contributed by atoms with Crippen LogP contribution in [0.2, 0.25) is 5.28 Å². The Morgan fingerprint density at radius 1 is 1.12 bits per heavy atom. The fraction of sp³-hybridized carbons (Fsp3) is 0.312. The molecule has 0 radical (unpaired) electrons. The van der Waals surface area contributed by atoms with Crippen LogP contribution in [0.25, 0.3) is 11.2 Å². The monoisotopic (exact) mass is 348 g/mol. The zero-order valence-electron chi connectivity index (χ0n) is 13.6. The Kier molecular flexibility index (Phi) is 4.19. The van der Waals surface area contributed by atoms with Gasteiger partial charge in [0.05, 0.1) is 6.54 Å². The lowest BCUT2D eigenvalue weighted by molar-refractivity contribution is 0.300. The molecule has 0 unspecified atom stereocenters. The number of hydrogen-bond acceptors (Lipinski definition) is 4. The standard InChI is InChI=1S/C16H17ClN4O3/c1-10-4-6-11(7-5-10)24-9-8-21-12-13(18-15(21)17)19(2)16(23)20(3)14(12)22/h4-7H,8-9H2,1-3H3. The van der Waals surface area contributed by atoms with E-state index in [2.05, 4.69) is 4.98 Å². The summed E-state index contributed by atoms with van der Waals surface area (Å²) < 4.78 is 9.58. The van der Waals surface area contributed by atoms with Gasteiger partial charge in [-0.25, -0.2) is 4.79 Å². The van der Waals surface area contributed by atoms with Crippen LogP contribution >= 0.6 is 11.6 Å². The molecule has 2 heterocycles. The van der Waals surface area contributed by atoms with Crippen molar-refractivity contribution in [3.63, 3.8) is 0 Å². The maximum absolute atomic E-state index is 12.4. The Labute approximate surface area is 142 Å². The summed E-state index contributed by atoms with van der Waals surface area (Å²) in [5.74, 6) is 0.737. The van der Waals surface area contributed by atoms with Crippen molar-refractivity contribution in [2.75, 3.05) is 6.61 Å². The van der Waals surface area contributed by atoms with Gasteiger partial charge in [-0.1, -0.05) is 17.7 Å². The molecule has 0 aliphatic carbocycles. The van der Waals surface area contributed by atoms with Gasteiger partial charge in [0.2, 0.25) is 5.28 Å². The molecule has 0 aliphatic rings. The molecule has 0 N–H and O–H groups in total. The average molecular weight is 349 g/mol. The van der Waals surface area contributed by atoms with Crippen LogP contribution < -0.4 is 16.0 Å². The summed E-state index contributed by atoms with van der Waals surface area (Å²) >= 11 is 6.15.